The third-order valence-electron chi connectivity index (χ3n) is 2.56. The van der Waals surface area contributed by atoms with Crippen molar-refractivity contribution in [2.75, 3.05) is 33.8 Å². The monoisotopic (exact) mass is 275 g/mol. The van der Waals surface area contributed by atoms with Crippen molar-refractivity contribution in [3.63, 3.8) is 0 Å². The summed E-state index contributed by atoms with van der Waals surface area (Å²) in [7, 11) is 3.25. The Hall–Kier alpha value is -2.55. The molecule has 0 heterocycles. The summed E-state index contributed by atoms with van der Waals surface area (Å²) in [5.74, 6) is 0.618. The minimum atomic E-state index is -0.236. The van der Waals surface area contributed by atoms with Crippen molar-refractivity contribution in [1.29, 1.82) is 5.26 Å². The normalized spacial score (nSPS) is 9.45. The van der Waals surface area contributed by atoms with Gasteiger partial charge in [-0.3, -0.25) is 0 Å². The van der Waals surface area contributed by atoms with Gasteiger partial charge in [-0.15, -0.1) is 0 Å². The molecule has 0 N–H and O–H groups in total. The fraction of sp³-hybridized carbons (Fsp3) is 0.357. The van der Waals surface area contributed by atoms with Crippen LogP contribution in [0.4, 0.5) is 4.79 Å². The van der Waals surface area contributed by atoms with Crippen LogP contribution < -0.4 is 4.74 Å². The highest BCUT2D eigenvalue weighted by Crippen LogP contribution is 2.11. The second-order valence-electron chi connectivity index (χ2n) is 4.27. The molecule has 0 unspecified atom stereocenters. The van der Waals surface area contributed by atoms with Gasteiger partial charge in [-0.05, 0) is 24.3 Å². The van der Waals surface area contributed by atoms with Crippen molar-refractivity contribution in [2.24, 2.45) is 0 Å². The van der Waals surface area contributed by atoms with E-state index in [1.807, 2.05) is 6.07 Å². The smallest absolute Gasteiger partial charge is 0.319 e. The number of ether oxygens (including phenoxy) is 1. The van der Waals surface area contributed by atoms with E-state index < -0.39 is 0 Å². The van der Waals surface area contributed by atoms with Crippen molar-refractivity contribution in [3.05, 3.63) is 29.8 Å². The molecule has 1 rings (SSSR count). The summed E-state index contributed by atoms with van der Waals surface area (Å²) in [6.07, 6.45) is 0.684. The van der Waals surface area contributed by atoms with E-state index in [-0.39, 0.29) is 19.2 Å². The number of amides is 2. The minimum absolute atomic E-state index is 0.0355. The van der Waals surface area contributed by atoms with Gasteiger partial charge in [-0.1, -0.05) is 0 Å². The Labute approximate surface area is 118 Å². The maximum Gasteiger partial charge on any atom is 0.319 e. The van der Waals surface area contributed by atoms with Gasteiger partial charge < -0.3 is 19.3 Å². The topological polar surface area (TPSA) is 73.6 Å². The average Bonchev–Trinajstić information content (AvgIpc) is 2.46. The summed E-state index contributed by atoms with van der Waals surface area (Å²) in [5.41, 5.74) is 0.558. The summed E-state index contributed by atoms with van der Waals surface area (Å²) in [6.45, 7) is 0.628. The fourth-order valence-electron chi connectivity index (χ4n) is 1.54. The summed E-state index contributed by atoms with van der Waals surface area (Å²) in [5, 5.41) is 8.68. The quantitative estimate of drug-likeness (QED) is 0.729. The molecule has 106 valence electrons. The van der Waals surface area contributed by atoms with E-state index in [2.05, 4.69) is 0 Å². The van der Waals surface area contributed by atoms with E-state index in [0.29, 0.717) is 24.1 Å². The molecule has 0 aliphatic rings. The molecule has 0 saturated carbocycles. The van der Waals surface area contributed by atoms with Gasteiger partial charge in [0.2, 0.25) is 0 Å². The molecule has 0 aliphatic heterocycles. The molecule has 2 amide bonds. The molecule has 0 spiro atoms. The number of rotatable bonds is 6. The van der Waals surface area contributed by atoms with Crippen molar-refractivity contribution in [1.82, 2.24) is 9.80 Å². The van der Waals surface area contributed by atoms with Gasteiger partial charge in [0.25, 0.3) is 0 Å². The molecule has 0 atom stereocenters. The predicted octanol–water partition coefficient (Wildman–Crippen LogP) is 1.12. The Morgan fingerprint density at radius 2 is 2.00 bits per heavy atom. The Morgan fingerprint density at radius 1 is 1.35 bits per heavy atom. The SMILES string of the molecule is CN(C)C(=O)N(CC=O)CCOc1ccc(C#N)cc1. The Bertz CT molecular complexity index is 491. The van der Waals surface area contributed by atoms with E-state index >= 15 is 0 Å². The molecule has 0 aromatic heterocycles. The standard InChI is InChI=1S/C14H17N3O3/c1-16(2)14(19)17(7-9-18)8-10-20-13-5-3-12(11-15)4-6-13/h3-6,9H,7-8,10H2,1-2H3. The van der Waals surface area contributed by atoms with E-state index in [1.165, 1.54) is 9.80 Å². The van der Waals surface area contributed by atoms with Crippen LogP contribution >= 0.6 is 0 Å². The molecule has 0 saturated heterocycles. The highest BCUT2D eigenvalue weighted by molar-refractivity contribution is 5.76. The number of benzene rings is 1. The van der Waals surface area contributed by atoms with Crippen LogP contribution in [0.15, 0.2) is 24.3 Å². The largest absolute Gasteiger partial charge is 0.492 e. The number of nitriles is 1. The van der Waals surface area contributed by atoms with Crippen LogP contribution in [0.25, 0.3) is 0 Å². The van der Waals surface area contributed by atoms with Crippen molar-refractivity contribution in [3.8, 4) is 11.8 Å². The molecule has 6 heteroatoms. The first-order valence-electron chi connectivity index (χ1n) is 6.11. The summed E-state index contributed by atoms with van der Waals surface area (Å²) in [4.78, 5) is 25.1. The Kier molecular flexibility index (Phi) is 6.04. The van der Waals surface area contributed by atoms with Crippen LogP contribution in [0.2, 0.25) is 0 Å². The number of aldehydes is 1. The van der Waals surface area contributed by atoms with E-state index in [0.717, 1.165) is 0 Å². The number of nitrogens with zero attached hydrogens (tertiary/aromatic N) is 3. The van der Waals surface area contributed by atoms with Crippen LogP contribution in [-0.4, -0.2) is 55.9 Å². The zero-order chi connectivity index (χ0) is 15.0. The Morgan fingerprint density at radius 3 is 2.50 bits per heavy atom. The molecule has 1 aromatic rings. The second-order valence-corrected chi connectivity index (χ2v) is 4.27. The van der Waals surface area contributed by atoms with Gasteiger partial charge in [0.1, 0.15) is 18.6 Å². The van der Waals surface area contributed by atoms with E-state index in [9.17, 15) is 9.59 Å². The summed E-state index contributed by atoms with van der Waals surface area (Å²) >= 11 is 0. The molecule has 0 aliphatic carbocycles. The minimum Gasteiger partial charge on any atom is -0.492 e. The molecular weight excluding hydrogens is 258 g/mol. The summed E-state index contributed by atoms with van der Waals surface area (Å²) < 4.78 is 5.47. The third-order valence-corrected chi connectivity index (χ3v) is 2.56. The number of carbonyl (C=O) groups excluding carboxylic acids is 2. The first-order valence-corrected chi connectivity index (χ1v) is 6.11. The van der Waals surface area contributed by atoms with E-state index in [1.54, 1.807) is 38.4 Å². The number of urea groups is 1. The molecular formula is C14H17N3O3. The molecule has 0 bridgehead atoms. The first-order chi connectivity index (χ1) is 9.58. The van der Waals surface area contributed by atoms with Gasteiger partial charge in [0, 0.05) is 14.1 Å². The van der Waals surface area contributed by atoms with Gasteiger partial charge in [-0.25, -0.2) is 4.79 Å². The molecule has 0 fully saturated rings. The van der Waals surface area contributed by atoms with Crippen LogP contribution in [0.1, 0.15) is 5.56 Å². The zero-order valence-corrected chi connectivity index (χ0v) is 11.6. The number of hydrogen-bond donors (Lipinski definition) is 0. The molecule has 6 nitrogen and oxygen atoms in total. The number of hydrogen-bond acceptors (Lipinski definition) is 4. The lowest BCUT2D eigenvalue weighted by atomic mass is 10.2. The zero-order valence-electron chi connectivity index (χ0n) is 11.6. The highest BCUT2D eigenvalue weighted by Gasteiger charge is 2.14. The van der Waals surface area contributed by atoms with Crippen LogP contribution in [-0.2, 0) is 4.79 Å². The van der Waals surface area contributed by atoms with E-state index in [4.69, 9.17) is 10.00 Å². The van der Waals surface area contributed by atoms with Crippen LogP contribution in [0.3, 0.4) is 0 Å². The van der Waals surface area contributed by atoms with Crippen molar-refractivity contribution < 1.29 is 14.3 Å². The number of carbonyl (C=O) groups is 2. The predicted molar refractivity (Wildman–Crippen MR) is 73.4 cm³/mol. The molecule has 20 heavy (non-hydrogen) atoms. The molecule has 1 aromatic carbocycles. The lowest BCUT2D eigenvalue weighted by Crippen LogP contribution is -2.42. The van der Waals surface area contributed by atoms with Crippen LogP contribution in [0, 0.1) is 11.3 Å². The van der Waals surface area contributed by atoms with Crippen LogP contribution in [0.5, 0.6) is 5.75 Å². The maximum absolute atomic E-state index is 11.8. The average molecular weight is 275 g/mol. The van der Waals surface area contributed by atoms with Gasteiger partial charge >= 0.3 is 6.03 Å². The lowest BCUT2D eigenvalue weighted by Gasteiger charge is -2.24. The summed E-state index contributed by atoms with van der Waals surface area (Å²) in [6, 6.07) is 8.48. The highest BCUT2D eigenvalue weighted by atomic mass is 16.5. The molecule has 0 radical (unpaired) electrons. The lowest BCUT2D eigenvalue weighted by molar-refractivity contribution is -0.108. The maximum atomic E-state index is 11.8. The second kappa shape index (κ2) is 7.79. The fourth-order valence-corrected chi connectivity index (χ4v) is 1.54. The Balaban J connectivity index is 2.49. The first kappa shape index (κ1) is 15.5. The van der Waals surface area contributed by atoms with Gasteiger partial charge in [-0.2, -0.15) is 5.26 Å². The van der Waals surface area contributed by atoms with Gasteiger partial charge in [0.05, 0.1) is 24.7 Å². The van der Waals surface area contributed by atoms with Crippen molar-refractivity contribution >= 4 is 12.3 Å². The van der Waals surface area contributed by atoms with Crippen molar-refractivity contribution in [2.45, 2.75) is 0 Å². The third kappa shape index (κ3) is 4.61. The van der Waals surface area contributed by atoms with Gasteiger partial charge in [0.15, 0.2) is 0 Å².